The Balaban J connectivity index is 1.38. The second-order valence-electron chi connectivity index (χ2n) is 9.72. The summed E-state index contributed by atoms with van der Waals surface area (Å²) in [6.07, 6.45) is 5.26. The van der Waals surface area contributed by atoms with E-state index >= 15 is 0 Å². The number of amides is 1. The van der Waals surface area contributed by atoms with Crippen LogP contribution in [0.15, 0.2) is 73.1 Å². The zero-order valence-corrected chi connectivity index (χ0v) is 23.7. The third-order valence-corrected chi connectivity index (χ3v) is 7.47. The van der Waals surface area contributed by atoms with Crippen molar-refractivity contribution in [1.29, 1.82) is 5.26 Å². The molecule has 1 aliphatic rings. The predicted octanol–water partition coefficient (Wildman–Crippen LogP) is 5.58. The Hall–Kier alpha value is -4.10. The summed E-state index contributed by atoms with van der Waals surface area (Å²) in [5.74, 6) is 1.42. The lowest BCUT2D eigenvalue weighted by Gasteiger charge is -2.30. The molecule has 11 heteroatoms. The fourth-order valence-corrected chi connectivity index (χ4v) is 5.18. The first kappa shape index (κ1) is 28.4. The molecule has 1 atom stereocenters. The summed E-state index contributed by atoms with van der Waals surface area (Å²) >= 11 is 12.4. The highest BCUT2D eigenvalue weighted by Gasteiger charge is 2.30. The standard InChI is InChI=1S/C30H29Cl2N7O2/c31-24-7-6-23(25(32)15-24)19-34-29(40)28(22-8-12-41-13-9-22)36-26-16-27(39-10-1-2-11-39)38-30(37-26)35-18-21-5-3-4-20(14-21)17-33/h1-7,10-11,14-16,22,28H,8-9,12-13,18-19H2,(H,34,40)(H2,35,36,37,38). The third kappa shape index (κ3) is 7.55. The molecule has 2 aromatic heterocycles. The topological polar surface area (TPSA) is 117 Å². The number of nitrogens with zero attached hydrogens (tertiary/aromatic N) is 4. The summed E-state index contributed by atoms with van der Waals surface area (Å²) in [6.45, 7) is 1.87. The van der Waals surface area contributed by atoms with Crippen LogP contribution in [0.5, 0.6) is 0 Å². The van der Waals surface area contributed by atoms with Crippen molar-refractivity contribution in [1.82, 2.24) is 19.9 Å². The molecule has 2 aromatic carbocycles. The lowest BCUT2D eigenvalue weighted by atomic mass is 9.91. The summed E-state index contributed by atoms with van der Waals surface area (Å²) < 4.78 is 7.44. The maximum atomic E-state index is 13.6. The molecule has 3 N–H and O–H groups in total. The fourth-order valence-electron chi connectivity index (χ4n) is 4.70. The van der Waals surface area contributed by atoms with Gasteiger partial charge in [0.05, 0.1) is 11.6 Å². The number of hydrogen-bond donors (Lipinski definition) is 3. The van der Waals surface area contributed by atoms with Gasteiger partial charge in [0.15, 0.2) is 0 Å². The lowest BCUT2D eigenvalue weighted by molar-refractivity contribution is -0.123. The summed E-state index contributed by atoms with van der Waals surface area (Å²) in [5, 5.41) is 20.0. The van der Waals surface area contributed by atoms with E-state index in [1.807, 2.05) is 53.4 Å². The van der Waals surface area contributed by atoms with Gasteiger partial charge in [0.25, 0.3) is 0 Å². The Labute approximate surface area is 248 Å². The molecule has 210 valence electrons. The van der Waals surface area contributed by atoms with Crippen molar-refractivity contribution in [2.75, 3.05) is 23.8 Å². The first-order valence-corrected chi connectivity index (χ1v) is 14.1. The average Bonchev–Trinajstić information content (AvgIpc) is 3.54. The molecule has 1 saturated heterocycles. The Bertz CT molecular complexity index is 1530. The Morgan fingerprint density at radius 1 is 1.05 bits per heavy atom. The van der Waals surface area contributed by atoms with Gasteiger partial charge in [0.2, 0.25) is 11.9 Å². The summed E-state index contributed by atoms with van der Waals surface area (Å²) in [6, 6.07) is 19.8. The van der Waals surface area contributed by atoms with Crippen molar-refractivity contribution in [2.24, 2.45) is 5.92 Å². The molecule has 0 saturated carbocycles. The maximum absolute atomic E-state index is 13.6. The number of nitrogens with one attached hydrogen (secondary N) is 3. The van der Waals surface area contributed by atoms with Crippen molar-refractivity contribution in [3.63, 3.8) is 0 Å². The average molecular weight is 591 g/mol. The van der Waals surface area contributed by atoms with Crippen LogP contribution in [-0.2, 0) is 22.6 Å². The summed E-state index contributed by atoms with van der Waals surface area (Å²) in [4.78, 5) is 23.0. The van der Waals surface area contributed by atoms with Crippen LogP contribution in [0.4, 0.5) is 11.8 Å². The van der Waals surface area contributed by atoms with Crippen LogP contribution < -0.4 is 16.0 Å². The van der Waals surface area contributed by atoms with Gasteiger partial charge in [0, 0.05) is 54.8 Å². The highest BCUT2D eigenvalue weighted by Crippen LogP contribution is 2.25. The van der Waals surface area contributed by atoms with Gasteiger partial charge >= 0.3 is 0 Å². The smallest absolute Gasteiger partial charge is 0.243 e. The van der Waals surface area contributed by atoms with Crippen LogP contribution in [0.25, 0.3) is 5.82 Å². The van der Waals surface area contributed by atoms with Gasteiger partial charge in [-0.25, -0.2) is 0 Å². The molecule has 41 heavy (non-hydrogen) atoms. The molecule has 1 aliphatic heterocycles. The minimum absolute atomic E-state index is 0.0413. The zero-order chi connectivity index (χ0) is 28.6. The number of halogens is 2. The predicted molar refractivity (Wildman–Crippen MR) is 159 cm³/mol. The molecule has 0 aliphatic carbocycles. The molecule has 1 fully saturated rings. The minimum Gasteiger partial charge on any atom is -0.381 e. The Morgan fingerprint density at radius 3 is 2.61 bits per heavy atom. The van der Waals surface area contributed by atoms with E-state index in [9.17, 15) is 10.1 Å². The van der Waals surface area contributed by atoms with Gasteiger partial charge < -0.3 is 25.3 Å². The summed E-state index contributed by atoms with van der Waals surface area (Å²) in [5.41, 5.74) is 2.28. The number of aromatic nitrogens is 3. The van der Waals surface area contributed by atoms with Gasteiger partial charge in [0.1, 0.15) is 17.7 Å². The van der Waals surface area contributed by atoms with Crippen molar-refractivity contribution in [3.05, 3.63) is 99.8 Å². The molecule has 9 nitrogen and oxygen atoms in total. The third-order valence-electron chi connectivity index (χ3n) is 6.88. The highest BCUT2D eigenvalue weighted by atomic mass is 35.5. The number of carbonyl (C=O) groups is 1. The fraction of sp³-hybridized carbons (Fsp3) is 0.267. The maximum Gasteiger partial charge on any atom is 0.243 e. The molecule has 3 heterocycles. The van der Waals surface area contributed by atoms with Gasteiger partial charge in [-0.15, -0.1) is 0 Å². The lowest BCUT2D eigenvalue weighted by Crippen LogP contribution is -2.46. The monoisotopic (exact) mass is 589 g/mol. The number of nitriles is 1. The van der Waals surface area contributed by atoms with E-state index in [2.05, 4.69) is 27.0 Å². The minimum atomic E-state index is -0.558. The number of hydrogen-bond acceptors (Lipinski definition) is 7. The van der Waals surface area contributed by atoms with Crippen LogP contribution in [0.1, 0.15) is 29.5 Å². The van der Waals surface area contributed by atoms with Gasteiger partial charge in [-0.05, 0) is 66.3 Å². The molecule has 1 unspecified atom stereocenters. The van der Waals surface area contributed by atoms with Crippen molar-refractivity contribution in [2.45, 2.75) is 32.0 Å². The van der Waals surface area contributed by atoms with Crippen LogP contribution in [0.2, 0.25) is 10.0 Å². The SMILES string of the molecule is N#Cc1cccc(CNc2nc(NC(C(=O)NCc3ccc(Cl)cc3Cl)C3CCOCC3)cc(-n3cccc3)n2)c1. The van der Waals surface area contributed by atoms with E-state index in [1.165, 1.54) is 0 Å². The molecule has 5 rings (SSSR count). The van der Waals surface area contributed by atoms with Crippen LogP contribution in [0, 0.1) is 17.2 Å². The summed E-state index contributed by atoms with van der Waals surface area (Å²) in [7, 11) is 0. The van der Waals surface area contributed by atoms with E-state index in [0.29, 0.717) is 53.0 Å². The Kier molecular flexibility index (Phi) is 9.36. The number of ether oxygens (including phenoxy) is 1. The number of carbonyl (C=O) groups excluding carboxylic acids is 1. The van der Waals surface area contributed by atoms with E-state index in [-0.39, 0.29) is 18.4 Å². The molecular weight excluding hydrogens is 561 g/mol. The largest absolute Gasteiger partial charge is 0.381 e. The van der Waals surface area contributed by atoms with Gasteiger partial charge in [-0.1, -0.05) is 41.4 Å². The second kappa shape index (κ2) is 13.5. The number of rotatable bonds is 10. The quantitative estimate of drug-likeness (QED) is 0.221. The van der Waals surface area contributed by atoms with Crippen LogP contribution in [-0.4, -0.2) is 39.7 Å². The second-order valence-corrected chi connectivity index (χ2v) is 10.6. The molecule has 1 amide bonds. The van der Waals surface area contributed by atoms with E-state index in [4.69, 9.17) is 32.9 Å². The van der Waals surface area contributed by atoms with Gasteiger partial charge in [-0.3, -0.25) is 4.79 Å². The number of benzene rings is 2. The van der Waals surface area contributed by atoms with Gasteiger partial charge in [-0.2, -0.15) is 15.2 Å². The number of anilines is 2. The van der Waals surface area contributed by atoms with E-state index in [1.54, 1.807) is 24.3 Å². The van der Waals surface area contributed by atoms with Crippen LogP contribution >= 0.6 is 23.2 Å². The van der Waals surface area contributed by atoms with E-state index in [0.717, 1.165) is 24.0 Å². The van der Waals surface area contributed by atoms with E-state index < -0.39 is 6.04 Å². The molecule has 0 spiro atoms. The first-order valence-electron chi connectivity index (χ1n) is 13.3. The first-order chi connectivity index (χ1) is 20.0. The van der Waals surface area contributed by atoms with Crippen molar-refractivity contribution >= 4 is 40.9 Å². The molecule has 4 aromatic rings. The Morgan fingerprint density at radius 2 is 1.85 bits per heavy atom. The van der Waals surface area contributed by atoms with Crippen molar-refractivity contribution < 1.29 is 9.53 Å². The molecule has 0 radical (unpaired) electrons. The molecule has 0 bridgehead atoms. The van der Waals surface area contributed by atoms with Crippen molar-refractivity contribution in [3.8, 4) is 11.9 Å². The zero-order valence-electron chi connectivity index (χ0n) is 22.2. The molecular formula is C30H29Cl2N7O2. The van der Waals surface area contributed by atoms with Crippen LogP contribution in [0.3, 0.4) is 0 Å². The highest BCUT2D eigenvalue weighted by molar-refractivity contribution is 6.35. The normalized spacial score (nSPS) is 14.2.